The smallest absolute Gasteiger partial charge is 0.132 e. The molecule has 76 valence electrons. The molecular weight excluding hydrogens is 200 g/mol. The van der Waals surface area contributed by atoms with Gasteiger partial charge in [0.25, 0.3) is 0 Å². The van der Waals surface area contributed by atoms with E-state index in [-0.39, 0.29) is 14.9 Å². The number of nitrogens with zero attached hydrogens (tertiary/aromatic N) is 1. The summed E-state index contributed by atoms with van der Waals surface area (Å²) in [5.74, 6) is 1.07. The van der Waals surface area contributed by atoms with E-state index in [1.165, 1.54) is 0 Å². The number of pyridine rings is 1. The summed E-state index contributed by atoms with van der Waals surface area (Å²) >= 11 is 0. The van der Waals surface area contributed by atoms with Crippen molar-refractivity contribution in [2.75, 3.05) is 12.9 Å². The predicted octanol–water partition coefficient (Wildman–Crippen LogP) is 2.24. The summed E-state index contributed by atoms with van der Waals surface area (Å²) in [5.41, 5.74) is 0. The highest BCUT2D eigenvalue weighted by Gasteiger charge is 1.93. The Balaban J connectivity index is 0. The van der Waals surface area contributed by atoms with Crippen LogP contribution in [0.1, 0.15) is 14.9 Å². The second-order valence-electron chi connectivity index (χ2n) is 1.94. The molecule has 4 heteroatoms. The van der Waals surface area contributed by atoms with Crippen molar-refractivity contribution < 1.29 is 5.32 Å². The van der Waals surface area contributed by atoms with E-state index in [1.807, 2.05) is 24.4 Å². The molecule has 0 unspecified atom stereocenters. The lowest BCUT2D eigenvalue weighted by atomic mass is 10.5. The minimum absolute atomic E-state index is 0. The average Bonchev–Trinajstić information content (AvgIpc) is 2.07. The van der Waals surface area contributed by atoms with Gasteiger partial charge in [0.2, 0.25) is 0 Å². The van der Waals surface area contributed by atoms with Gasteiger partial charge in [0.1, 0.15) is 10.9 Å². The summed E-state index contributed by atoms with van der Waals surface area (Å²) in [5, 5.41) is 3.22. The summed E-state index contributed by atoms with van der Waals surface area (Å²) in [4.78, 5) is 4.18. The van der Waals surface area contributed by atoms with Crippen molar-refractivity contribution in [1.29, 1.82) is 0 Å². The second-order valence-corrected chi connectivity index (χ2v) is 4.31. The first kappa shape index (κ1) is 15.3. The zero-order chi connectivity index (χ0) is 7.94. The first-order chi connectivity index (χ1) is 5.43. The Hall–Kier alpha value is -0.190. The van der Waals surface area contributed by atoms with Crippen molar-refractivity contribution >= 4 is 21.6 Å². The van der Waals surface area contributed by atoms with Gasteiger partial charge in [0, 0.05) is 6.20 Å². The molecule has 0 aromatic carbocycles. The van der Waals surface area contributed by atoms with Crippen LogP contribution in [0, 0.1) is 0 Å². The molecule has 0 amide bonds. The Labute approximate surface area is 89.3 Å². The van der Waals surface area contributed by atoms with Crippen LogP contribution in [0.25, 0.3) is 0 Å². The summed E-state index contributed by atoms with van der Waals surface area (Å²) in [6.45, 7) is 0. The van der Waals surface area contributed by atoms with Crippen LogP contribution in [0.5, 0.6) is 0 Å². The lowest BCUT2D eigenvalue weighted by Crippen LogP contribution is -2.78. The molecule has 1 heterocycles. The van der Waals surface area contributed by atoms with Gasteiger partial charge in [-0.05, 0) is 33.7 Å². The van der Waals surface area contributed by atoms with Gasteiger partial charge in [-0.1, -0.05) is 20.9 Å². The number of hydrogen-bond acceptors (Lipinski definition) is 3. The third kappa shape index (κ3) is 6.93. The second kappa shape index (κ2) is 9.89. The number of quaternary nitrogens is 1. The highest BCUT2D eigenvalue weighted by molar-refractivity contribution is 8.76. The van der Waals surface area contributed by atoms with E-state index in [2.05, 4.69) is 17.3 Å². The molecule has 0 saturated carbocycles. The van der Waals surface area contributed by atoms with E-state index in [1.54, 1.807) is 21.6 Å². The molecule has 0 aliphatic carbocycles. The summed E-state index contributed by atoms with van der Waals surface area (Å²) < 4.78 is 0. The molecule has 0 bridgehead atoms. The van der Waals surface area contributed by atoms with Crippen LogP contribution in [0.4, 0.5) is 0 Å². The minimum atomic E-state index is 0. The van der Waals surface area contributed by atoms with Gasteiger partial charge in [0.15, 0.2) is 0 Å². The molecule has 0 aliphatic rings. The average molecular weight is 219 g/mol. The zero-order valence-corrected chi connectivity index (χ0v) is 7.99. The first-order valence-electron chi connectivity index (χ1n) is 3.42. The zero-order valence-electron chi connectivity index (χ0n) is 6.36. The molecule has 1 rings (SSSR count). The predicted molar refractivity (Wildman–Crippen MR) is 63.9 cm³/mol. The van der Waals surface area contributed by atoms with Gasteiger partial charge in [-0.15, -0.1) is 0 Å². The molecule has 1 aromatic heterocycles. The van der Waals surface area contributed by atoms with Gasteiger partial charge < -0.3 is 5.32 Å². The topological polar surface area (TPSA) is 29.5 Å². The molecule has 2 nitrogen and oxygen atoms in total. The normalized spacial score (nSPS) is 8.38. The largest absolute Gasteiger partial charge is 0.340 e. The number of rotatable bonds is 4. The lowest BCUT2D eigenvalue weighted by Gasteiger charge is -1.95. The van der Waals surface area contributed by atoms with Crippen LogP contribution < -0.4 is 5.32 Å². The van der Waals surface area contributed by atoms with E-state index in [0.29, 0.717) is 0 Å². The molecule has 0 atom stereocenters. The summed E-state index contributed by atoms with van der Waals surface area (Å²) in [6.07, 6.45) is 1.82. The third-order valence-electron chi connectivity index (χ3n) is 1.02. The summed E-state index contributed by atoms with van der Waals surface area (Å²) in [6, 6.07) is 5.96. The van der Waals surface area contributed by atoms with Crippen molar-refractivity contribution in [3.8, 4) is 0 Å². The maximum absolute atomic E-state index is 4.18. The van der Waals surface area contributed by atoms with Crippen LogP contribution in [-0.2, 0) is 0 Å². The van der Waals surface area contributed by atoms with Gasteiger partial charge in [-0.2, -0.15) is 0 Å². The lowest BCUT2D eigenvalue weighted by molar-refractivity contribution is -0.606. The Morgan fingerprint density at radius 1 is 1.38 bits per heavy atom. The Bertz CT molecular complexity index is 192. The van der Waals surface area contributed by atoms with Crippen molar-refractivity contribution in [2.45, 2.75) is 19.9 Å². The van der Waals surface area contributed by atoms with Gasteiger partial charge >= 0.3 is 0 Å². The van der Waals surface area contributed by atoms with E-state index in [9.17, 15) is 0 Å². The molecule has 13 heavy (non-hydrogen) atoms. The highest BCUT2D eigenvalue weighted by Crippen LogP contribution is 2.26. The molecule has 0 spiro atoms. The fraction of sp³-hybridized carbons (Fsp3) is 0.444. The van der Waals surface area contributed by atoms with Crippen molar-refractivity contribution in [1.82, 2.24) is 4.98 Å². The van der Waals surface area contributed by atoms with Crippen LogP contribution in [0.15, 0.2) is 29.4 Å². The van der Waals surface area contributed by atoms with Crippen LogP contribution in [0.2, 0.25) is 0 Å². The Kier molecular flexibility index (Phi) is 11.6. The maximum atomic E-state index is 4.18. The van der Waals surface area contributed by atoms with Crippen LogP contribution in [0.3, 0.4) is 0 Å². The van der Waals surface area contributed by atoms with E-state index in [4.69, 9.17) is 0 Å². The monoisotopic (exact) mass is 219 g/mol. The van der Waals surface area contributed by atoms with Crippen molar-refractivity contribution in [2.24, 2.45) is 0 Å². The van der Waals surface area contributed by atoms with Gasteiger partial charge in [-0.3, -0.25) is 0 Å². The van der Waals surface area contributed by atoms with Gasteiger partial charge in [-0.25, -0.2) is 4.98 Å². The fourth-order valence-corrected chi connectivity index (χ4v) is 2.39. The van der Waals surface area contributed by atoms with Gasteiger partial charge in [0.05, 0.1) is 7.05 Å². The molecule has 2 N–H and O–H groups in total. The SMILES string of the molecule is C.C.C[NH2+]CSSc1ccccn1. The highest BCUT2D eigenvalue weighted by atomic mass is 33.1. The molecule has 0 aliphatic heterocycles. The standard InChI is InChI=1S/C7H10N2S2.2CH4/c1-8-6-10-11-7-4-2-3-5-9-7;;/h2-5,8H,6H2,1H3;2*1H4/p+1. The molecule has 1 aromatic rings. The number of aromatic nitrogens is 1. The van der Waals surface area contributed by atoms with Crippen molar-refractivity contribution in [3.05, 3.63) is 24.4 Å². The van der Waals surface area contributed by atoms with E-state index < -0.39 is 0 Å². The molecule has 0 fully saturated rings. The van der Waals surface area contributed by atoms with E-state index in [0.717, 1.165) is 10.9 Å². The first-order valence-corrected chi connectivity index (χ1v) is 5.73. The Morgan fingerprint density at radius 3 is 2.69 bits per heavy atom. The van der Waals surface area contributed by atoms with Crippen LogP contribution >= 0.6 is 21.6 Å². The van der Waals surface area contributed by atoms with Crippen molar-refractivity contribution in [3.63, 3.8) is 0 Å². The fourth-order valence-electron chi connectivity index (χ4n) is 0.559. The minimum Gasteiger partial charge on any atom is -0.340 e. The Morgan fingerprint density at radius 2 is 2.15 bits per heavy atom. The third-order valence-corrected chi connectivity index (χ3v) is 3.29. The summed E-state index contributed by atoms with van der Waals surface area (Å²) in [7, 11) is 5.59. The molecular formula is C9H19N2S2+. The number of nitrogens with two attached hydrogens (primary N) is 1. The van der Waals surface area contributed by atoms with Crippen LogP contribution in [-0.4, -0.2) is 17.9 Å². The number of hydrogen-bond donors (Lipinski definition) is 1. The molecule has 0 saturated heterocycles. The molecule has 0 radical (unpaired) electrons. The quantitative estimate of drug-likeness (QED) is 0.478. The maximum Gasteiger partial charge on any atom is 0.132 e. The van der Waals surface area contributed by atoms with E-state index >= 15 is 0 Å².